The summed E-state index contributed by atoms with van der Waals surface area (Å²) in [5.41, 5.74) is 0. The lowest BCUT2D eigenvalue weighted by Crippen LogP contribution is -2.21. The molecule has 1 heterocycles. The molecule has 1 rings (SSSR count). The van der Waals surface area contributed by atoms with Crippen molar-refractivity contribution in [3.05, 3.63) is 12.2 Å². The maximum absolute atomic E-state index is 3.40. The van der Waals surface area contributed by atoms with Gasteiger partial charge in [-0.05, 0) is 6.42 Å². The summed E-state index contributed by atoms with van der Waals surface area (Å²) < 4.78 is 0. The second-order valence-electron chi connectivity index (χ2n) is 2.94. The van der Waals surface area contributed by atoms with Crippen molar-refractivity contribution < 1.29 is 0 Å². The molecule has 0 aromatic rings. The van der Waals surface area contributed by atoms with Crippen molar-refractivity contribution in [1.29, 1.82) is 0 Å². The minimum absolute atomic E-state index is 0.687. The van der Waals surface area contributed by atoms with E-state index in [2.05, 4.69) is 24.4 Å². The second kappa shape index (κ2) is 4.51. The summed E-state index contributed by atoms with van der Waals surface area (Å²) in [6.45, 7) is 3.33. The van der Waals surface area contributed by atoms with Crippen LogP contribution in [0.5, 0.6) is 0 Å². The largest absolute Gasteiger partial charge is 0.307 e. The van der Waals surface area contributed by atoms with E-state index in [-0.39, 0.29) is 0 Å². The van der Waals surface area contributed by atoms with E-state index in [4.69, 9.17) is 0 Å². The fourth-order valence-electron chi connectivity index (χ4n) is 1.33. The van der Waals surface area contributed by atoms with Gasteiger partial charge in [0, 0.05) is 12.6 Å². The normalized spacial score (nSPS) is 23.9. The van der Waals surface area contributed by atoms with Crippen molar-refractivity contribution in [3.63, 3.8) is 0 Å². The first-order valence-corrected chi connectivity index (χ1v) is 4.33. The zero-order valence-corrected chi connectivity index (χ0v) is 6.77. The van der Waals surface area contributed by atoms with Crippen LogP contribution in [0.25, 0.3) is 0 Å². The number of hydrogen-bond acceptors (Lipinski definition) is 1. The van der Waals surface area contributed by atoms with Crippen molar-refractivity contribution in [2.24, 2.45) is 0 Å². The Kier molecular flexibility index (Phi) is 3.52. The van der Waals surface area contributed by atoms with Gasteiger partial charge in [-0.25, -0.2) is 0 Å². The quantitative estimate of drug-likeness (QED) is 0.464. The van der Waals surface area contributed by atoms with Crippen LogP contribution in [0.2, 0.25) is 0 Å². The topological polar surface area (TPSA) is 12.0 Å². The van der Waals surface area contributed by atoms with Gasteiger partial charge in [-0.1, -0.05) is 38.3 Å². The first-order valence-electron chi connectivity index (χ1n) is 4.33. The number of rotatable bonds is 4. The molecule has 0 amide bonds. The van der Waals surface area contributed by atoms with Gasteiger partial charge >= 0.3 is 0 Å². The highest BCUT2D eigenvalue weighted by molar-refractivity contribution is 5.01. The predicted molar refractivity (Wildman–Crippen MR) is 45.1 cm³/mol. The number of unbranched alkanes of at least 4 members (excludes halogenated alkanes) is 2. The lowest BCUT2D eigenvalue weighted by Gasteiger charge is -2.06. The molecule has 1 nitrogen and oxygen atoms in total. The van der Waals surface area contributed by atoms with Gasteiger partial charge in [-0.2, -0.15) is 0 Å². The lowest BCUT2D eigenvalue weighted by molar-refractivity contribution is 0.565. The van der Waals surface area contributed by atoms with E-state index in [1.807, 2.05) is 0 Å². The first-order chi connectivity index (χ1) is 4.93. The molecule has 58 valence electrons. The fourth-order valence-corrected chi connectivity index (χ4v) is 1.33. The SMILES string of the molecule is CCCCCC1C=CCN1. The van der Waals surface area contributed by atoms with Crippen LogP contribution in [-0.2, 0) is 0 Å². The molecule has 0 fully saturated rings. The van der Waals surface area contributed by atoms with Gasteiger partial charge in [-0.15, -0.1) is 0 Å². The molecule has 0 bridgehead atoms. The molecule has 1 aliphatic heterocycles. The van der Waals surface area contributed by atoms with Crippen LogP contribution in [0.4, 0.5) is 0 Å². The van der Waals surface area contributed by atoms with Gasteiger partial charge in [0.15, 0.2) is 0 Å². The fraction of sp³-hybridized carbons (Fsp3) is 0.778. The van der Waals surface area contributed by atoms with E-state index in [0.717, 1.165) is 6.54 Å². The Bertz CT molecular complexity index is 107. The number of hydrogen-bond donors (Lipinski definition) is 1. The maximum atomic E-state index is 3.40. The Balaban J connectivity index is 1.97. The van der Waals surface area contributed by atoms with Crippen LogP contribution < -0.4 is 5.32 Å². The molecule has 0 radical (unpaired) electrons. The molecular formula is C9H17N. The molecule has 10 heavy (non-hydrogen) atoms. The molecule has 0 saturated heterocycles. The van der Waals surface area contributed by atoms with Crippen molar-refractivity contribution in [1.82, 2.24) is 5.32 Å². The molecule has 0 aliphatic carbocycles. The van der Waals surface area contributed by atoms with Crippen molar-refractivity contribution in [2.45, 2.75) is 38.6 Å². The Morgan fingerprint density at radius 1 is 1.50 bits per heavy atom. The Labute approximate surface area is 63.5 Å². The average molecular weight is 139 g/mol. The summed E-state index contributed by atoms with van der Waals surface area (Å²) >= 11 is 0. The lowest BCUT2D eigenvalue weighted by atomic mass is 10.1. The third-order valence-corrected chi connectivity index (χ3v) is 1.98. The summed E-state index contributed by atoms with van der Waals surface area (Å²) in [6, 6.07) is 0.687. The highest BCUT2D eigenvalue weighted by Gasteiger charge is 2.05. The van der Waals surface area contributed by atoms with Crippen LogP contribution in [0.15, 0.2) is 12.2 Å². The second-order valence-corrected chi connectivity index (χ2v) is 2.94. The molecule has 0 aromatic carbocycles. The van der Waals surface area contributed by atoms with Crippen molar-refractivity contribution in [3.8, 4) is 0 Å². The van der Waals surface area contributed by atoms with Gasteiger partial charge in [0.1, 0.15) is 0 Å². The van der Waals surface area contributed by atoms with Crippen molar-refractivity contribution >= 4 is 0 Å². The third-order valence-electron chi connectivity index (χ3n) is 1.98. The molecule has 1 atom stereocenters. The van der Waals surface area contributed by atoms with Crippen LogP contribution in [-0.4, -0.2) is 12.6 Å². The molecule has 0 aromatic heterocycles. The summed E-state index contributed by atoms with van der Waals surface area (Å²) in [5.74, 6) is 0. The van der Waals surface area contributed by atoms with Gasteiger partial charge in [-0.3, -0.25) is 0 Å². The predicted octanol–water partition coefficient (Wildman–Crippen LogP) is 2.09. The van der Waals surface area contributed by atoms with Gasteiger partial charge < -0.3 is 5.32 Å². The van der Waals surface area contributed by atoms with Crippen LogP contribution >= 0.6 is 0 Å². The van der Waals surface area contributed by atoms with E-state index < -0.39 is 0 Å². The summed E-state index contributed by atoms with van der Waals surface area (Å²) in [6.07, 6.45) is 9.91. The third kappa shape index (κ3) is 2.53. The first kappa shape index (κ1) is 7.80. The van der Waals surface area contributed by atoms with Crippen LogP contribution in [0, 0.1) is 0 Å². The van der Waals surface area contributed by atoms with Crippen LogP contribution in [0.3, 0.4) is 0 Å². The molecule has 1 unspecified atom stereocenters. The van der Waals surface area contributed by atoms with Gasteiger partial charge in [0.2, 0.25) is 0 Å². The van der Waals surface area contributed by atoms with E-state index in [9.17, 15) is 0 Å². The Hall–Kier alpha value is -0.300. The minimum atomic E-state index is 0.687. The Morgan fingerprint density at radius 3 is 3.00 bits per heavy atom. The zero-order chi connectivity index (χ0) is 7.23. The van der Waals surface area contributed by atoms with E-state index in [1.54, 1.807) is 0 Å². The van der Waals surface area contributed by atoms with Crippen LogP contribution in [0.1, 0.15) is 32.6 Å². The molecule has 1 heteroatoms. The Morgan fingerprint density at radius 2 is 2.40 bits per heavy atom. The summed E-state index contributed by atoms with van der Waals surface area (Å²) in [7, 11) is 0. The molecule has 1 aliphatic rings. The minimum Gasteiger partial charge on any atom is -0.307 e. The average Bonchev–Trinajstić information content (AvgIpc) is 2.41. The molecule has 0 spiro atoms. The number of nitrogens with one attached hydrogen (secondary N) is 1. The molecule has 1 N–H and O–H groups in total. The monoisotopic (exact) mass is 139 g/mol. The molecular weight excluding hydrogens is 122 g/mol. The maximum Gasteiger partial charge on any atom is 0.0253 e. The summed E-state index contributed by atoms with van der Waals surface area (Å²) in [4.78, 5) is 0. The zero-order valence-electron chi connectivity index (χ0n) is 6.77. The van der Waals surface area contributed by atoms with Gasteiger partial charge in [0.05, 0.1) is 0 Å². The van der Waals surface area contributed by atoms with Crippen molar-refractivity contribution in [2.75, 3.05) is 6.54 Å². The highest BCUT2D eigenvalue weighted by Crippen LogP contribution is 2.06. The van der Waals surface area contributed by atoms with Gasteiger partial charge in [0.25, 0.3) is 0 Å². The van der Waals surface area contributed by atoms with E-state index >= 15 is 0 Å². The smallest absolute Gasteiger partial charge is 0.0253 e. The van der Waals surface area contributed by atoms with E-state index in [0.29, 0.717) is 6.04 Å². The highest BCUT2D eigenvalue weighted by atomic mass is 14.9. The molecule has 0 saturated carbocycles. The standard InChI is InChI=1S/C9H17N/c1-2-3-4-6-9-7-5-8-10-9/h5,7,9-10H,2-4,6,8H2,1H3. The summed E-state index contributed by atoms with van der Waals surface area (Å²) in [5, 5.41) is 3.40. The van der Waals surface area contributed by atoms with E-state index in [1.165, 1.54) is 25.7 Å².